The van der Waals surface area contributed by atoms with E-state index in [4.69, 9.17) is 5.73 Å². The molecule has 1 aromatic carbocycles. The van der Waals surface area contributed by atoms with E-state index in [0.29, 0.717) is 12.5 Å². The lowest BCUT2D eigenvalue weighted by molar-refractivity contribution is 0.846. The van der Waals surface area contributed by atoms with Crippen LogP contribution in [0, 0.1) is 0 Å². The largest absolute Gasteiger partial charge is 0.326 e. The van der Waals surface area contributed by atoms with Crippen LogP contribution in [0.5, 0.6) is 0 Å². The highest BCUT2D eigenvalue weighted by Crippen LogP contribution is 2.20. The van der Waals surface area contributed by atoms with Crippen molar-refractivity contribution in [1.29, 1.82) is 0 Å². The molecule has 0 saturated carbocycles. The van der Waals surface area contributed by atoms with Crippen LogP contribution in [-0.2, 0) is 6.54 Å². The molecule has 1 aromatic heterocycles. The second-order valence-electron chi connectivity index (χ2n) is 4.36. The summed E-state index contributed by atoms with van der Waals surface area (Å²) in [5.74, 6) is 1.20. The molecule has 3 heteroatoms. The van der Waals surface area contributed by atoms with E-state index in [0.717, 1.165) is 22.5 Å². The van der Waals surface area contributed by atoms with Crippen LogP contribution in [-0.4, -0.2) is 9.97 Å². The molecule has 0 aliphatic carbocycles. The molecule has 88 valence electrons. The molecule has 2 N–H and O–H groups in total. The van der Waals surface area contributed by atoms with Crippen molar-refractivity contribution in [2.45, 2.75) is 26.3 Å². The van der Waals surface area contributed by atoms with Crippen LogP contribution >= 0.6 is 0 Å². The number of rotatable bonds is 3. The SMILES string of the molecule is CC(C)c1cnc(-c2ccccc2CN)nc1. The number of nitrogens with zero attached hydrogens (tertiary/aromatic N) is 2. The molecule has 0 fully saturated rings. The number of nitrogens with two attached hydrogens (primary N) is 1. The van der Waals surface area contributed by atoms with Gasteiger partial charge in [0.05, 0.1) is 0 Å². The third kappa shape index (κ3) is 2.50. The maximum Gasteiger partial charge on any atom is 0.159 e. The molecule has 17 heavy (non-hydrogen) atoms. The Morgan fingerprint density at radius 3 is 2.35 bits per heavy atom. The van der Waals surface area contributed by atoms with Gasteiger partial charge in [0.15, 0.2) is 5.82 Å². The van der Waals surface area contributed by atoms with Crippen LogP contribution < -0.4 is 5.73 Å². The summed E-state index contributed by atoms with van der Waals surface area (Å²) in [7, 11) is 0. The Hall–Kier alpha value is -1.74. The van der Waals surface area contributed by atoms with Gasteiger partial charge in [-0.05, 0) is 17.0 Å². The van der Waals surface area contributed by atoms with Crippen molar-refractivity contribution in [1.82, 2.24) is 9.97 Å². The van der Waals surface area contributed by atoms with Gasteiger partial charge < -0.3 is 5.73 Å². The first-order chi connectivity index (χ1) is 8.22. The van der Waals surface area contributed by atoms with Crippen molar-refractivity contribution >= 4 is 0 Å². The summed E-state index contributed by atoms with van der Waals surface area (Å²) in [5, 5.41) is 0. The molecule has 0 aliphatic heterocycles. The first-order valence-electron chi connectivity index (χ1n) is 5.82. The van der Waals surface area contributed by atoms with Crippen molar-refractivity contribution in [2.24, 2.45) is 5.73 Å². The molecule has 0 radical (unpaired) electrons. The summed E-state index contributed by atoms with van der Waals surface area (Å²) in [6, 6.07) is 7.98. The highest BCUT2D eigenvalue weighted by molar-refractivity contribution is 5.59. The molecule has 0 saturated heterocycles. The Balaban J connectivity index is 2.40. The lowest BCUT2D eigenvalue weighted by atomic mass is 10.1. The minimum absolute atomic E-state index is 0.453. The van der Waals surface area contributed by atoms with E-state index in [-0.39, 0.29) is 0 Å². The van der Waals surface area contributed by atoms with Gasteiger partial charge in [0.2, 0.25) is 0 Å². The molecular formula is C14H17N3. The monoisotopic (exact) mass is 227 g/mol. The van der Waals surface area contributed by atoms with Gasteiger partial charge in [0.25, 0.3) is 0 Å². The summed E-state index contributed by atoms with van der Waals surface area (Å²) in [6.07, 6.45) is 3.78. The van der Waals surface area contributed by atoms with Crippen LogP contribution in [0.3, 0.4) is 0 Å². The number of hydrogen-bond acceptors (Lipinski definition) is 3. The van der Waals surface area contributed by atoms with E-state index in [1.165, 1.54) is 0 Å². The minimum Gasteiger partial charge on any atom is -0.326 e. The zero-order chi connectivity index (χ0) is 12.3. The third-order valence-electron chi connectivity index (χ3n) is 2.82. The molecule has 0 aliphatic rings. The smallest absolute Gasteiger partial charge is 0.159 e. The van der Waals surface area contributed by atoms with Gasteiger partial charge >= 0.3 is 0 Å². The van der Waals surface area contributed by atoms with Gasteiger partial charge in [0, 0.05) is 24.5 Å². The van der Waals surface area contributed by atoms with Crippen molar-refractivity contribution in [3.63, 3.8) is 0 Å². The predicted molar refractivity (Wildman–Crippen MR) is 69.4 cm³/mol. The topological polar surface area (TPSA) is 51.8 Å². The fraction of sp³-hybridized carbons (Fsp3) is 0.286. The molecule has 2 rings (SSSR count). The molecule has 1 heterocycles. The number of aromatic nitrogens is 2. The Morgan fingerprint density at radius 2 is 1.76 bits per heavy atom. The Bertz CT molecular complexity index is 489. The van der Waals surface area contributed by atoms with E-state index in [9.17, 15) is 0 Å². The van der Waals surface area contributed by atoms with Crippen LogP contribution in [0.1, 0.15) is 30.9 Å². The van der Waals surface area contributed by atoms with Gasteiger partial charge in [-0.3, -0.25) is 0 Å². The quantitative estimate of drug-likeness (QED) is 0.877. The Morgan fingerprint density at radius 1 is 1.12 bits per heavy atom. The van der Waals surface area contributed by atoms with Crippen molar-refractivity contribution in [2.75, 3.05) is 0 Å². The summed E-state index contributed by atoms with van der Waals surface area (Å²) >= 11 is 0. The fourth-order valence-electron chi connectivity index (χ4n) is 1.69. The molecular weight excluding hydrogens is 210 g/mol. The van der Waals surface area contributed by atoms with Crippen LogP contribution in [0.15, 0.2) is 36.7 Å². The van der Waals surface area contributed by atoms with Crippen LogP contribution in [0.2, 0.25) is 0 Å². The number of benzene rings is 1. The molecule has 2 aromatic rings. The van der Waals surface area contributed by atoms with Gasteiger partial charge in [0.1, 0.15) is 0 Å². The maximum atomic E-state index is 5.71. The van der Waals surface area contributed by atoms with E-state index < -0.39 is 0 Å². The average molecular weight is 227 g/mol. The minimum atomic E-state index is 0.453. The lowest BCUT2D eigenvalue weighted by Gasteiger charge is -2.08. The van der Waals surface area contributed by atoms with E-state index in [2.05, 4.69) is 23.8 Å². The van der Waals surface area contributed by atoms with Crippen LogP contribution in [0.25, 0.3) is 11.4 Å². The standard InChI is InChI=1S/C14H17N3/c1-10(2)12-8-16-14(17-9-12)13-6-4-3-5-11(13)7-15/h3-6,8-10H,7,15H2,1-2H3. The maximum absolute atomic E-state index is 5.71. The van der Waals surface area contributed by atoms with Crippen LogP contribution in [0.4, 0.5) is 0 Å². The lowest BCUT2D eigenvalue weighted by Crippen LogP contribution is -2.01. The van der Waals surface area contributed by atoms with Gasteiger partial charge in [-0.1, -0.05) is 38.1 Å². The molecule has 0 atom stereocenters. The van der Waals surface area contributed by atoms with E-state index in [1.54, 1.807) is 0 Å². The molecule has 0 amide bonds. The summed E-state index contributed by atoms with van der Waals surface area (Å²) < 4.78 is 0. The zero-order valence-corrected chi connectivity index (χ0v) is 10.2. The molecule has 3 nitrogen and oxygen atoms in total. The van der Waals surface area contributed by atoms with Crippen molar-refractivity contribution < 1.29 is 0 Å². The zero-order valence-electron chi connectivity index (χ0n) is 10.2. The Kier molecular flexibility index (Phi) is 3.49. The fourth-order valence-corrected chi connectivity index (χ4v) is 1.69. The van der Waals surface area contributed by atoms with Crippen molar-refractivity contribution in [3.05, 3.63) is 47.8 Å². The van der Waals surface area contributed by atoms with Gasteiger partial charge in [-0.2, -0.15) is 0 Å². The second kappa shape index (κ2) is 5.06. The highest BCUT2D eigenvalue weighted by Gasteiger charge is 2.07. The first-order valence-corrected chi connectivity index (χ1v) is 5.82. The number of hydrogen-bond donors (Lipinski definition) is 1. The second-order valence-corrected chi connectivity index (χ2v) is 4.36. The Labute approximate surface area is 102 Å². The molecule has 0 bridgehead atoms. The average Bonchev–Trinajstić information content (AvgIpc) is 2.39. The van der Waals surface area contributed by atoms with Gasteiger partial charge in [-0.25, -0.2) is 9.97 Å². The third-order valence-corrected chi connectivity index (χ3v) is 2.82. The molecule has 0 unspecified atom stereocenters. The highest BCUT2D eigenvalue weighted by atomic mass is 14.9. The predicted octanol–water partition coefficient (Wildman–Crippen LogP) is 2.73. The molecule has 0 spiro atoms. The summed E-state index contributed by atoms with van der Waals surface area (Å²) in [5.41, 5.74) is 8.96. The van der Waals surface area contributed by atoms with Crippen molar-refractivity contribution in [3.8, 4) is 11.4 Å². The van der Waals surface area contributed by atoms with E-state index >= 15 is 0 Å². The summed E-state index contributed by atoms with van der Waals surface area (Å²) in [6.45, 7) is 4.77. The van der Waals surface area contributed by atoms with E-state index in [1.807, 2.05) is 36.7 Å². The summed E-state index contributed by atoms with van der Waals surface area (Å²) in [4.78, 5) is 8.82. The normalized spacial score (nSPS) is 10.8. The first kappa shape index (κ1) is 11.7. The van der Waals surface area contributed by atoms with Gasteiger partial charge in [-0.15, -0.1) is 0 Å².